The number of Topliss-reactive ketones (excluding diaryl/α,β-unsaturated/α-hetero) is 1. The molecular weight excluding hydrogens is 476 g/mol. The number of esters is 1. The van der Waals surface area contributed by atoms with Gasteiger partial charge in [0.15, 0.2) is 5.78 Å². The second-order valence-corrected chi connectivity index (χ2v) is 13.7. The van der Waals surface area contributed by atoms with Crippen LogP contribution in [0.2, 0.25) is 0 Å². The van der Waals surface area contributed by atoms with E-state index in [2.05, 4.69) is 36.3 Å². The number of fused-ring (bicyclic) bond motifs is 5. The van der Waals surface area contributed by atoms with Gasteiger partial charge in [0.25, 0.3) is 0 Å². The third-order valence-corrected chi connectivity index (χ3v) is 12.0. The number of hydrogen-bond acceptors (Lipinski definition) is 6. The summed E-state index contributed by atoms with van der Waals surface area (Å²) in [4.78, 5) is 30.6. The molecule has 0 aromatic heterocycles. The lowest BCUT2D eigenvalue weighted by Gasteiger charge is -2.59. The van der Waals surface area contributed by atoms with E-state index in [1.54, 1.807) is 6.92 Å². The van der Waals surface area contributed by atoms with E-state index in [1.807, 2.05) is 6.08 Å². The van der Waals surface area contributed by atoms with Crippen LogP contribution in [-0.2, 0) is 19.1 Å². The molecule has 2 saturated heterocycles. The Bertz CT molecular complexity index is 988. The van der Waals surface area contributed by atoms with Crippen molar-refractivity contribution in [1.82, 2.24) is 9.80 Å². The van der Waals surface area contributed by atoms with Gasteiger partial charge in [0.2, 0.25) is 0 Å². The monoisotopic (exact) mass is 524 g/mol. The Balaban J connectivity index is 1.32. The quantitative estimate of drug-likeness (QED) is 0.379. The van der Waals surface area contributed by atoms with E-state index >= 15 is 0 Å². The SMILES string of the molecule is C=CCN1CCCC1C1C[C@H]2[C@@H]3CC[C@H]4CC(=O)C(N5CCOCC5)=C[C@]4(C)[C@H]3CC[C@]2(C)[C@H]1OC(C)=O. The van der Waals surface area contributed by atoms with Crippen molar-refractivity contribution in [3.8, 4) is 0 Å². The minimum Gasteiger partial charge on any atom is -0.462 e. The van der Waals surface area contributed by atoms with Gasteiger partial charge >= 0.3 is 5.97 Å². The molecule has 5 fully saturated rings. The number of nitrogens with zero attached hydrogens (tertiary/aromatic N) is 2. The molecule has 0 N–H and O–H groups in total. The molecule has 6 nitrogen and oxygen atoms in total. The van der Waals surface area contributed by atoms with Gasteiger partial charge in [0, 0.05) is 50.4 Å². The molecule has 2 aliphatic heterocycles. The van der Waals surface area contributed by atoms with Crippen molar-refractivity contribution in [2.24, 2.45) is 40.4 Å². The van der Waals surface area contributed by atoms with Crippen molar-refractivity contribution >= 4 is 11.8 Å². The molecule has 38 heavy (non-hydrogen) atoms. The van der Waals surface area contributed by atoms with Crippen molar-refractivity contribution in [3.63, 3.8) is 0 Å². The van der Waals surface area contributed by atoms with Gasteiger partial charge in [-0.15, -0.1) is 6.58 Å². The summed E-state index contributed by atoms with van der Waals surface area (Å²) in [5, 5.41) is 0. The largest absolute Gasteiger partial charge is 0.462 e. The molecule has 0 amide bonds. The van der Waals surface area contributed by atoms with Gasteiger partial charge < -0.3 is 14.4 Å². The molecule has 2 heterocycles. The summed E-state index contributed by atoms with van der Waals surface area (Å²) in [5.74, 6) is 2.84. The first-order valence-electron chi connectivity index (χ1n) is 15.4. The van der Waals surface area contributed by atoms with Crippen LogP contribution in [0, 0.1) is 40.4 Å². The number of ketones is 1. The topological polar surface area (TPSA) is 59.1 Å². The van der Waals surface area contributed by atoms with E-state index in [0.717, 1.165) is 57.6 Å². The van der Waals surface area contributed by atoms with Crippen LogP contribution in [-0.4, -0.2) is 73.1 Å². The van der Waals surface area contributed by atoms with E-state index in [0.29, 0.717) is 61.0 Å². The van der Waals surface area contributed by atoms with Crippen molar-refractivity contribution < 1.29 is 19.1 Å². The molecule has 0 radical (unpaired) electrons. The Morgan fingerprint density at radius 1 is 1.13 bits per heavy atom. The highest BCUT2D eigenvalue weighted by Gasteiger charge is 2.64. The van der Waals surface area contributed by atoms with Gasteiger partial charge in [-0.1, -0.05) is 26.0 Å². The van der Waals surface area contributed by atoms with Crippen LogP contribution >= 0.6 is 0 Å². The smallest absolute Gasteiger partial charge is 0.302 e. The number of ether oxygens (including phenoxy) is 2. The van der Waals surface area contributed by atoms with Gasteiger partial charge in [-0.3, -0.25) is 14.5 Å². The second kappa shape index (κ2) is 10.1. The molecule has 6 rings (SSSR count). The fraction of sp³-hybridized carbons (Fsp3) is 0.812. The summed E-state index contributed by atoms with van der Waals surface area (Å²) in [6.45, 7) is 15.6. The lowest BCUT2D eigenvalue weighted by molar-refractivity contribution is -0.163. The molecule has 210 valence electrons. The van der Waals surface area contributed by atoms with Crippen LogP contribution in [0.3, 0.4) is 0 Å². The fourth-order valence-corrected chi connectivity index (χ4v) is 10.3. The van der Waals surface area contributed by atoms with Gasteiger partial charge in [-0.25, -0.2) is 0 Å². The van der Waals surface area contributed by atoms with E-state index < -0.39 is 0 Å². The Morgan fingerprint density at radius 2 is 1.92 bits per heavy atom. The number of likely N-dealkylation sites (tertiary alicyclic amines) is 1. The van der Waals surface area contributed by atoms with E-state index in [4.69, 9.17) is 9.47 Å². The Morgan fingerprint density at radius 3 is 2.66 bits per heavy atom. The number of allylic oxidation sites excluding steroid dienone is 2. The van der Waals surface area contributed by atoms with Crippen LogP contribution in [0.4, 0.5) is 0 Å². The first-order chi connectivity index (χ1) is 18.3. The van der Waals surface area contributed by atoms with Crippen LogP contribution in [0.5, 0.6) is 0 Å². The molecule has 0 aromatic carbocycles. The second-order valence-electron chi connectivity index (χ2n) is 13.7. The molecule has 6 heteroatoms. The van der Waals surface area contributed by atoms with Crippen molar-refractivity contribution in [1.29, 1.82) is 0 Å². The maximum absolute atomic E-state index is 13.3. The molecule has 4 aliphatic carbocycles. The van der Waals surface area contributed by atoms with Gasteiger partial charge in [0.1, 0.15) is 6.10 Å². The summed E-state index contributed by atoms with van der Waals surface area (Å²) in [5.41, 5.74) is 1.06. The zero-order valence-electron chi connectivity index (χ0n) is 23.8. The van der Waals surface area contributed by atoms with Crippen LogP contribution in [0.1, 0.15) is 72.1 Å². The summed E-state index contributed by atoms with van der Waals surface area (Å²) in [6, 6.07) is 0.477. The van der Waals surface area contributed by atoms with Crippen molar-refractivity contribution in [3.05, 3.63) is 24.4 Å². The van der Waals surface area contributed by atoms with E-state index in [-0.39, 0.29) is 22.9 Å². The van der Waals surface area contributed by atoms with Crippen molar-refractivity contribution in [2.75, 3.05) is 39.4 Å². The number of morpholine rings is 1. The zero-order chi connectivity index (χ0) is 26.7. The maximum atomic E-state index is 13.3. The van der Waals surface area contributed by atoms with E-state index in [9.17, 15) is 9.59 Å². The number of carbonyl (C=O) groups is 2. The van der Waals surface area contributed by atoms with Gasteiger partial charge in [0.05, 0.1) is 18.9 Å². The standard InChI is InChI=1S/C32H48N2O4/c1-5-12-33-13-6-7-27(33)24-19-26-23-9-8-22-18-29(36)28(34-14-16-37-17-15-34)20-32(22,4)25(23)10-11-31(26,3)30(24)38-21(2)35/h5,20,22-27,30H,1,6-19H2,2-4H3/t22-,23+,24?,25-,26-,27?,30-,31-,32-/m0/s1. The third-order valence-electron chi connectivity index (χ3n) is 12.0. The molecule has 6 aliphatic rings. The van der Waals surface area contributed by atoms with Gasteiger partial charge in [-0.2, -0.15) is 0 Å². The molecule has 2 unspecified atom stereocenters. The maximum Gasteiger partial charge on any atom is 0.302 e. The third kappa shape index (κ3) is 4.20. The Kier molecular flexibility index (Phi) is 7.04. The Hall–Kier alpha value is -1.66. The minimum absolute atomic E-state index is 0.000665. The lowest BCUT2D eigenvalue weighted by Crippen LogP contribution is -2.55. The summed E-state index contributed by atoms with van der Waals surface area (Å²) < 4.78 is 11.9. The minimum atomic E-state index is -0.128. The fourth-order valence-electron chi connectivity index (χ4n) is 10.3. The van der Waals surface area contributed by atoms with E-state index in [1.165, 1.54) is 19.3 Å². The van der Waals surface area contributed by atoms with Crippen molar-refractivity contribution in [2.45, 2.75) is 84.3 Å². The molecule has 9 atom stereocenters. The molecule has 3 saturated carbocycles. The molecule has 0 bridgehead atoms. The highest BCUT2D eigenvalue weighted by Crippen LogP contribution is 2.67. The first kappa shape index (κ1) is 26.6. The predicted molar refractivity (Wildman–Crippen MR) is 147 cm³/mol. The Labute approximate surface area is 229 Å². The van der Waals surface area contributed by atoms with Crippen LogP contribution in [0.15, 0.2) is 24.4 Å². The highest BCUT2D eigenvalue weighted by atomic mass is 16.5. The number of hydrogen-bond donors (Lipinski definition) is 0. The highest BCUT2D eigenvalue weighted by molar-refractivity contribution is 5.96. The lowest BCUT2D eigenvalue weighted by atomic mass is 9.46. The summed E-state index contributed by atoms with van der Waals surface area (Å²) in [6.07, 6.45) is 13.3. The predicted octanol–water partition coefficient (Wildman–Crippen LogP) is 4.84. The average molecular weight is 525 g/mol. The molecule has 0 aromatic rings. The molecule has 0 spiro atoms. The van der Waals surface area contributed by atoms with Gasteiger partial charge in [-0.05, 0) is 80.6 Å². The van der Waals surface area contributed by atoms with Crippen LogP contribution < -0.4 is 0 Å². The number of carbonyl (C=O) groups excluding carboxylic acids is 2. The average Bonchev–Trinajstić information content (AvgIpc) is 3.46. The zero-order valence-corrected chi connectivity index (χ0v) is 23.8. The van der Waals surface area contributed by atoms with Crippen LogP contribution in [0.25, 0.3) is 0 Å². The summed E-state index contributed by atoms with van der Waals surface area (Å²) in [7, 11) is 0. The number of rotatable bonds is 5. The summed E-state index contributed by atoms with van der Waals surface area (Å²) >= 11 is 0. The normalized spacial score (nSPS) is 45.1. The first-order valence-corrected chi connectivity index (χ1v) is 15.4. The molecular formula is C32H48N2O4.